The summed E-state index contributed by atoms with van der Waals surface area (Å²) in [4.78, 5) is 11.4. The Bertz CT molecular complexity index is 529. The number of rotatable bonds is 4. The van der Waals surface area contributed by atoms with Gasteiger partial charge in [-0.2, -0.15) is 0 Å². The summed E-state index contributed by atoms with van der Waals surface area (Å²) in [7, 11) is -1.97. The molecule has 4 heteroatoms. The summed E-state index contributed by atoms with van der Waals surface area (Å²) < 4.78 is 11.9. The highest BCUT2D eigenvalue weighted by Crippen LogP contribution is 2.41. The second kappa shape index (κ2) is 5.77. The minimum Gasteiger partial charge on any atom is -0.452 e. The van der Waals surface area contributed by atoms with Crippen molar-refractivity contribution in [2.75, 3.05) is 0 Å². The lowest BCUT2D eigenvalue weighted by atomic mass is 10.0. The normalized spacial score (nSPS) is 20.4. The van der Waals surface area contributed by atoms with E-state index in [9.17, 15) is 4.79 Å². The van der Waals surface area contributed by atoms with Gasteiger partial charge in [-0.3, -0.25) is 0 Å². The summed E-state index contributed by atoms with van der Waals surface area (Å²) in [6.07, 6.45) is 2.70. The van der Waals surface area contributed by atoms with Crippen molar-refractivity contribution < 1.29 is 14.0 Å². The van der Waals surface area contributed by atoms with E-state index in [1.165, 1.54) is 6.08 Å². The van der Waals surface area contributed by atoms with Crippen LogP contribution in [0.25, 0.3) is 0 Å². The summed E-state index contributed by atoms with van der Waals surface area (Å²) in [5.41, 5.74) is 1.05. The zero-order chi connectivity index (χ0) is 15.7. The molecule has 1 aliphatic rings. The Labute approximate surface area is 128 Å². The third kappa shape index (κ3) is 3.63. The van der Waals surface area contributed by atoms with Gasteiger partial charge in [0.1, 0.15) is 12.2 Å². The van der Waals surface area contributed by atoms with Crippen LogP contribution in [-0.2, 0) is 14.0 Å². The van der Waals surface area contributed by atoms with Crippen LogP contribution < -0.4 is 0 Å². The second-order valence-electron chi connectivity index (χ2n) is 6.97. The van der Waals surface area contributed by atoms with Gasteiger partial charge in [-0.15, -0.1) is 0 Å². The van der Waals surface area contributed by atoms with Gasteiger partial charge in [0.25, 0.3) is 0 Å². The maximum Gasteiger partial charge on any atom is 0.331 e. The van der Waals surface area contributed by atoms with E-state index in [4.69, 9.17) is 9.16 Å². The minimum absolute atomic E-state index is 0.104. The average Bonchev–Trinajstić information content (AvgIpc) is 2.82. The fraction of sp³-hybridized carbons (Fsp3) is 0.471. The van der Waals surface area contributed by atoms with Crippen LogP contribution in [0.1, 0.15) is 32.4 Å². The lowest BCUT2D eigenvalue weighted by Crippen LogP contribution is -2.43. The van der Waals surface area contributed by atoms with E-state index >= 15 is 0 Å². The van der Waals surface area contributed by atoms with Gasteiger partial charge in [-0.25, -0.2) is 4.79 Å². The lowest BCUT2D eigenvalue weighted by molar-refractivity contribution is -0.142. The first kappa shape index (κ1) is 16.0. The summed E-state index contributed by atoms with van der Waals surface area (Å²) >= 11 is 0. The molecule has 1 aliphatic heterocycles. The summed E-state index contributed by atoms with van der Waals surface area (Å²) in [5, 5.41) is 0.104. The molecular weight excluding hydrogens is 280 g/mol. The Morgan fingerprint density at radius 3 is 2.29 bits per heavy atom. The van der Waals surface area contributed by atoms with Crippen molar-refractivity contribution in [1.29, 1.82) is 0 Å². The molecule has 0 N–H and O–H groups in total. The van der Waals surface area contributed by atoms with Crippen LogP contribution >= 0.6 is 0 Å². The fourth-order valence-corrected chi connectivity index (χ4v) is 3.27. The molecule has 2 atom stereocenters. The van der Waals surface area contributed by atoms with Crippen LogP contribution in [0, 0.1) is 0 Å². The molecule has 0 amide bonds. The van der Waals surface area contributed by atoms with Gasteiger partial charge >= 0.3 is 5.97 Å². The van der Waals surface area contributed by atoms with Crippen molar-refractivity contribution in [3.05, 3.63) is 48.0 Å². The minimum atomic E-state index is -1.97. The van der Waals surface area contributed by atoms with Gasteiger partial charge in [0.2, 0.25) is 0 Å². The maximum absolute atomic E-state index is 11.4. The van der Waals surface area contributed by atoms with Crippen molar-refractivity contribution in [2.45, 2.75) is 51.1 Å². The van der Waals surface area contributed by atoms with Crippen molar-refractivity contribution in [3.8, 4) is 0 Å². The maximum atomic E-state index is 11.4. The molecule has 2 rings (SSSR count). The molecule has 0 unspecified atom stereocenters. The predicted molar refractivity (Wildman–Crippen MR) is 86.5 cm³/mol. The lowest BCUT2D eigenvalue weighted by Gasteiger charge is -2.40. The smallest absolute Gasteiger partial charge is 0.331 e. The van der Waals surface area contributed by atoms with E-state index in [0.29, 0.717) is 0 Å². The largest absolute Gasteiger partial charge is 0.452 e. The third-order valence-corrected chi connectivity index (χ3v) is 8.78. The molecule has 0 aliphatic carbocycles. The van der Waals surface area contributed by atoms with Crippen LogP contribution in [0.15, 0.2) is 42.5 Å². The van der Waals surface area contributed by atoms with Gasteiger partial charge in [-0.05, 0) is 29.8 Å². The van der Waals surface area contributed by atoms with Crippen LogP contribution in [0.3, 0.4) is 0 Å². The molecule has 1 heterocycles. The molecule has 3 nitrogen and oxygen atoms in total. The number of cyclic esters (lactones) is 1. The zero-order valence-corrected chi connectivity index (χ0v) is 14.4. The van der Waals surface area contributed by atoms with Gasteiger partial charge in [0.05, 0.1) is 0 Å². The molecule has 0 saturated carbocycles. The van der Waals surface area contributed by atoms with E-state index in [2.05, 4.69) is 33.9 Å². The average molecular weight is 304 g/mol. The van der Waals surface area contributed by atoms with Crippen molar-refractivity contribution in [3.63, 3.8) is 0 Å². The van der Waals surface area contributed by atoms with Crippen LogP contribution in [0.2, 0.25) is 18.1 Å². The molecule has 0 radical (unpaired) electrons. The molecular formula is C17H24O3Si. The Kier molecular flexibility index (Phi) is 4.40. The highest BCUT2D eigenvalue weighted by Gasteiger charge is 2.42. The van der Waals surface area contributed by atoms with Crippen LogP contribution in [0.4, 0.5) is 0 Å². The van der Waals surface area contributed by atoms with E-state index in [1.807, 2.05) is 30.3 Å². The molecule has 0 saturated heterocycles. The van der Waals surface area contributed by atoms with E-state index in [-0.39, 0.29) is 23.2 Å². The second-order valence-corrected chi connectivity index (χ2v) is 11.7. The number of hydrogen-bond acceptors (Lipinski definition) is 3. The van der Waals surface area contributed by atoms with Crippen LogP contribution in [0.5, 0.6) is 0 Å². The molecule has 21 heavy (non-hydrogen) atoms. The Hall–Kier alpha value is -1.39. The van der Waals surface area contributed by atoms with Gasteiger partial charge in [-0.1, -0.05) is 51.1 Å². The molecule has 0 spiro atoms. The first-order valence-electron chi connectivity index (χ1n) is 7.32. The van der Waals surface area contributed by atoms with Crippen molar-refractivity contribution >= 4 is 14.3 Å². The topological polar surface area (TPSA) is 35.5 Å². The molecule has 0 bridgehead atoms. The van der Waals surface area contributed by atoms with E-state index < -0.39 is 8.32 Å². The number of esters is 1. The number of carbonyl (C=O) groups is 1. The molecule has 0 aromatic heterocycles. The Morgan fingerprint density at radius 2 is 1.81 bits per heavy atom. The Morgan fingerprint density at radius 1 is 1.19 bits per heavy atom. The molecule has 1 aromatic rings. The summed E-state index contributed by atoms with van der Waals surface area (Å²) in [6, 6.07) is 9.99. The number of carbonyl (C=O) groups excluding carboxylic acids is 1. The van der Waals surface area contributed by atoms with E-state index in [0.717, 1.165) is 5.56 Å². The number of benzene rings is 1. The van der Waals surface area contributed by atoms with Gasteiger partial charge < -0.3 is 9.16 Å². The Balaban J connectivity index is 2.29. The highest BCUT2D eigenvalue weighted by atomic mass is 28.4. The van der Waals surface area contributed by atoms with Crippen molar-refractivity contribution in [2.24, 2.45) is 0 Å². The van der Waals surface area contributed by atoms with Crippen molar-refractivity contribution in [1.82, 2.24) is 0 Å². The first-order valence-corrected chi connectivity index (χ1v) is 10.2. The number of ether oxygens (including phenoxy) is 1. The fourth-order valence-electron chi connectivity index (χ4n) is 2.01. The van der Waals surface area contributed by atoms with E-state index in [1.54, 1.807) is 6.08 Å². The van der Waals surface area contributed by atoms with Crippen LogP contribution in [-0.4, -0.2) is 20.4 Å². The van der Waals surface area contributed by atoms with Gasteiger partial charge in [0, 0.05) is 6.08 Å². The SMILES string of the molecule is CC(C)(C)[Si](C)(C)O[C@@H](c1ccccc1)[C@@H]1C=CC(=O)O1. The molecule has 0 fully saturated rings. The highest BCUT2D eigenvalue weighted by molar-refractivity contribution is 6.74. The summed E-state index contributed by atoms with van der Waals surface area (Å²) in [6.45, 7) is 11.0. The monoisotopic (exact) mass is 304 g/mol. The third-order valence-electron chi connectivity index (χ3n) is 4.33. The molecule has 114 valence electrons. The van der Waals surface area contributed by atoms with Gasteiger partial charge in [0.15, 0.2) is 8.32 Å². The standard InChI is InChI=1S/C17H24O3Si/c1-17(2,3)21(4,5)20-16(13-9-7-6-8-10-13)14-11-12-15(18)19-14/h6-12,14,16H,1-5H3/t14-,16-/m0/s1. The first-order chi connectivity index (χ1) is 9.71. The summed E-state index contributed by atoms with van der Waals surface area (Å²) in [5.74, 6) is -0.292. The predicted octanol–water partition coefficient (Wildman–Crippen LogP) is 4.23. The molecule has 1 aromatic carbocycles. The zero-order valence-electron chi connectivity index (χ0n) is 13.4. The number of hydrogen-bond donors (Lipinski definition) is 0. The quantitative estimate of drug-likeness (QED) is 0.617.